The van der Waals surface area contributed by atoms with Gasteiger partial charge in [-0.2, -0.15) is 0 Å². The first-order chi connectivity index (χ1) is 9.63. The minimum Gasteiger partial charge on any atom is -0.396 e. The lowest BCUT2D eigenvalue weighted by Gasteiger charge is -2.36. The summed E-state index contributed by atoms with van der Waals surface area (Å²) in [5.74, 6) is 0.220. The molecule has 3 rings (SSSR count). The molecule has 0 aliphatic carbocycles. The van der Waals surface area contributed by atoms with Crippen molar-refractivity contribution in [3.8, 4) is 0 Å². The second-order valence-electron chi connectivity index (χ2n) is 6.28. The number of aliphatic hydroxyl groups is 1. The summed E-state index contributed by atoms with van der Waals surface area (Å²) in [5.41, 5.74) is 2.15. The number of likely N-dealkylation sites (tertiary alicyclic amines) is 1. The quantitative estimate of drug-likeness (QED) is 0.918. The van der Waals surface area contributed by atoms with E-state index in [9.17, 15) is 9.50 Å². The van der Waals surface area contributed by atoms with Crippen LogP contribution in [0.25, 0.3) is 0 Å². The Kier molecular flexibility index (Phi) is 3.80. The monoisotopic (exact) mass is 279 g/mol. The lowest BCUT2D eigenvalue weighted by atomic mass is 9.75. The topological polar surface area (TPSA) is 32.7 Å². The first-order valence-electron chi connectivity index (χ1n) is 7.29. The van der Waals surface area contributed by atoms with E-state index in [-0.39, 0.29) is 17.8 Å². The van der Waals surface area contributed by atoms with Crippen molar-refractivity contribution in [1.29, 1.82) is 0 Å². The average molecular weight is 279 g/mol. The van der Waals surface area contributed by atoms with Gasteiger partial charge in [-0.3, -0.25) is 4.90 Å². The van der Waals surface area contributed by atoms with E-state index < -0.39 is 0 Å². The fraction of sp³-hybridized carbons (Fsp3) is 0.625. The van der Waals surface area contributed by atoms with Crippen LogP contribution in [0.3, 0.4) is 0 Å². The number of fused-ring (bicyclic) bond motifs is 1. The summed E-state index contributed by atoms with van der Waals surface area (Å²) < 4.78 is 18.9. The Hall–Kier alpha value is -0.970. The highest BCUT2D eigenvalue weighted by molar-refractivity contribution is 5.26. The van der Waals surface area contributed by atoms with E-state index in [4.69, 9.17) is 4.74 Å². The maximum absolute atomic E-state index is 13.4. The fourth-order valence-electron chi connectivity index (χ4n) is 3.59. The van der Waals surface area contributed by atoms with Crippen molar-refractivity contribution in [1.82, 2.24) is 4.90 Å². The number of aliphatic hydroxyl groups excluding tert-OH is 1. The van der Waals surface area contributed by atoms with Crippen molar-refractivity contribution in [3.05, 3.63) is 35.1 Å². The molecular weight excluding hydrogens is 257 g/mol. The molecule has 110 valence electrons. The maximum atomic E-state index is 13.4. The van der Waals surface area contributed by atoms with Gasteiger partial charge in [-0.25, -0.2) is 4.39 Å². The van der Waals surface area contributed by atoms with Crippen LogP contribution < -0.4 is 0 Å². The van der Waals surface area contributed by atoms with Crippen molar-refractivity contribution in [2.75, 3.05) is 32.9 Å². The van der Waals surface area contributed by atoms with E-state index >= 15 is 0 Å². The lowest BCUT2D eigenvalue weighted by Crippen LogP contribution is -2.41. The van der Waals surface area contributed by atoms with E-state index in [2.05, 4.69) is 4.90 Å². The van der Waals surface area contributed by atoms with Gasteiger partial charge in [-0.15, -0.1) is 0 Å². The van der Waals surface area contributed by atoms with Crippen molar-refractivity contribution < 1.29 is 14.2 Å². The Morgan fingerprint density at radius 3 is 3.10 bits per heavy atom. The molecule has 4 heteroatoms. The van der Waals surface area contributed by atoms with Crippen LogP contribution in [0.1, 0.15) is 17.5 Å². The summed E-state index contributed by atoms with van der Waals surface area (Å²) in [6.45, 7) is 6.28. The van der Waals surface area contributed by atoms with Crippen LogP contribution in [0, 0.1) is 24.1 Å². The van der Waals surface area contributed by atoms with Gasteiger partial charge in [0.15, 0.2) is 0 Å². The smallest absolute Gasteiger partial charge is 0.123 e. The Labute approximate surface area is 119 Å². The number of hydrogen-bond donors (Lipinski definition) is 1. The van der Waals surface area contributed by atoms with Crippen molar-refractivity contribution in [2.45, 2.75) is 19.9 Å². The van der Waals surface area contributed by atoms with E-state index in [1.807, 2.05) is 13.0 Å². The molecule has 0 bridgehead atoms. The first-order valence-corrected chi connectivity index (χ1v) is 7.29. The molecule has 2 fully saturated rings. The summed E-state index contributed by atoms with van der Waals surface area (Å²) >= 11 is 0. The molecule has 2 aliphatic rings. The molecule has 2 saturated heterocycles. The molecule has 1 aromatic rings. The predicted molar refractivity (Wildman–Crippen MR) is 74.9 cm³/mol. The highest BCUT2D eigenvalue weighted by Gasteiger charge is 2.47. The van der Waals surface area contributed by atoms with Crippen LogP contribution >= 0.6 is 0 Å². The van der Waals surface area contributed by atoms with Crippen LogP contribution in [0.2, 0.25) is 0 Å². The number of rotatable bonds is 3. The van der Waals surface area contributed by atoms with E-state index in [0.717, 1.165) is 50.4 Å². The van der Waals surface area contributed by atoms with Gasteiger partial charge >= 0.3 is 0 Å². The van der Waals surface area contributed by atoms with Crippen molar-refractivity contribution in [2.24, 2.45) is 11.3 Å². The molecule has 3 nitrogen and oxygen atoms in total. The molecule has 0 radical (unpaired) electrons. The van der Waals surface area contributed by atoms with Gasteiger partial charge in [0, 0.05) is 37.6 Å². The number of halogens is 1. The van der Waals surface area contributed by atoms with Crippen molar-refractivity contribution in [3.63, 3.8) is 0 Å². The molecule has 2 atom stereocenters. The third-order valence-electron chi connectivity index (χ3n) is 4.97. The first kappa shape index (κ1) is 14.0. The summed E-state index contributed by atoms with van der Waals surface area (Å²) in [6.07, 6.45) is 0.923. The zero-order chi connectivity index (χ0) is 14.2. The molecule has 1 N–H and O–H groups in total. The summed E-state index contributed by atoms with van der Waals surface area (Å²) in [6, 6.07) is 4.96. The normalized spacial score (nSPS) is 30.4. The van der Waals surface area contributed by atoms with E-state index in [0.29, 0.717) is 5.92 Å². The predicted octanol–water partition coefficient (Wildman–Crippen LogP) is 1.96. The second-order valence-corrected chi connectivity index (χ2v) is 6.28. The maximum Gasteiger partial charge on any atom is 0.123 e. The second kappa shape index (κ2) is 5.43. The van der Waals surface area contributed by atoms with Gasteiger partial charge in [0.1, 0.15) is 5.82 Å². The molecule has 20 heavy (non-hydrogen) atoms. The minimum absolute atomic E-state index is 0.0144. The average Bonchev–Trinajstić information content (AvgIpc) is 2.81. The third-order valence-corrected chi connectivity index (χ3v) is 4.97. The van der Waals surface area contributed by atoms with Crippen LogP contribution in [0.4, 0.5) is 4.39 Å². The Morgan fingerprint density at radius 1 is 1.50 bits per heavy atom. The summed E-state index contributed by atoms with van der Waals surface area (Å²) in [5, 5.41) is 9.79. The lowest BCUT2D eigenvalue weighted by molar-refractivity contribution is -0.0417. The molecule has 0 unspecified atom stereocenters. The highest BCUT2D eigenvalue weighted by atomic mass is 19.1. The van der Waals surface area contributed by atoms with Crippen LogP contribution in [0.15, 0.2) is 18.2 Å². The molecule has 0 amide bonds. The van der Waals surface area contributed by atoms with Gasteiger partial charge in [0.2, 0.25) is 0 Å². The standard InChI is InChI=1S/C16H22FNO2/c1-12-2-3-15(17)6-13(12)7-18-8-14-9-20-5-4-16(14,10-18)11-19/h2-3,6,14,19H,4-5,7-11H2,1H3/t14-,16-/m1/s1. The minimum atomic E-state index is -0.178. The molecule has 0 spiro atoms. The van der Waals surface area contributed by atoms with Gasteiger partial charge in [0.05, 0.1) is 13.2 Å². The number of hydrogen-bond acceptors (Lipinski definition) is 3. The third kappa shape index (κ3) is 2.48. The molecule has 2 aliphatic heterocycles. The van der Waals surface area contributed by atoms with Gasteiger partial charge in [-0.1, -0.05) is 6.07 Å². The summed E-state index contributed by atoms with van der Waals surface area (Å²) in [4.78, 5) is 2.33. The zero-order valence-corrected chi connectivity index (χ0v) is 11.9. The van der Waals surface area contributed by atoms with Gasteiger partial charge in [-0.05, 0) is 36.6 Å². The van der Waals surface area contributed by atoms with Crippen LogP contribution in [-0.2, 0) is 11.3 Å². The summed E-state index contributed by atoms with van der Waals surface area (Å²) in [7, 11) is 0. The number of ether oxygens (including phenoxy) is 1. The molecule has 1 aromatic carbocycles. The molecule has 0 saturated carbocycles. The number of nitrogens with zero attached hydrogens (tertiary/aromatic N) is 1. The SMILES string of the molecule is Cc1ccc(F)cc1CN1C[C@@H]2COCC[C@]2(CO)C1. The Balaban J connectivity index is 1.75. The fourth-order valence-corrected chi connectivity index (χ4v) is 3.59. The number of aryl methyl sites for hydroxylation is 1. The van der Waals surface area contributed by atoms with E-state index in [1.54, 1.807) is 6.07 Å². The van der Waals surface area contributed by atoms with Crippen LogP contribution in [-0.4, -0.2) is 42.9 Å². The van der Waals surface area contributed by atoms with Gasteiger partial charge in [0.25, 0.3) is 0 Å². The van der Waals surface area contributed by atoms with Gasteiger partial charge < -0.3 is 9.84 Å². The Morgan fingerprint density at radius 2 is 2.35 bits per heavy atom. The molecule has 0 aromatic heterocycles. The highest BCUT2D eigenvalue weighted by Crippen LogP contribution is 2.42. The zero-order valence-electron chi connectivity index (χ0n) is 11.9. The number of benzene rings is 1. The molecular formula is C16H22FNO2. The van der Waals surface area contributed by atoms with E-state index in [1.165, 1.54) is 6.07 Å². The van der Waals surface area contributed by atoms with Crippen LogP contribution in [0.5, 0.6) is 0 Å². The van der Waals surface area contributed by atoms with Crippen molar-refractivity contribution >= 4 is 0 Å². The molecule has 2 heterocycles. The Bertz CT molecular complexity index is 493. The largest absolute Gasteiger partial charge is 0.396 e.